The van der Waals surface area contributed by atoms with Gasteiger partial charge in [-0.15, -0.1) is 11.3 Å². The Kier molecular flexibility index (Phi) is 7.42. The first-order valence-corrected chi connectivity index (χ1v) is 12.6. The summed E-state index contributed by atoms with van der Waals surface area (Å²) in [6.07, 6.45) is -0.366. The number of amides is 3. The van der Waals surface area contributed by atoms with E-state index in [4.69, 9.17) is 22.1 Å². The first kappa shape index (κ1) is 24.0. The topological polar surface area (TPSA) is 136 Å². The molecule has 1 aliphatic heterocycles. The number of hydrogen-bond acceptors (Lipinski definition) is 7. The molecule has 0 fully saturated rings. The molecule has 0 radical (unpaired) electrons. The third kappa shape index (κ3) is 5.40. The van der Waals surface area contributed by atoms with Crippen molar-refractivity contribution in [1.29, 1.82) is 0 Å². The first-order chi connectivity index (χ1) is 15.1. The van der Waals surface area contributed by atoms with Gasteiger partial charge >= 0.3 is 6.09 Å². The molecule has 1 aromatic carbocycles. The molecule has 3 N–H and O–H groups in total. The molecule has 12 heteroatoms. The second kappa shape index (κ2) is 9.88. The number of hydrogen-bond donors (Lipinski definition) is 2. The lowest BCUT2D eigenvalue weighted by atomic mass is 10.0. The zero-order valence-corrected chi connectivity index (χ0v) is 19.6. The molecule has 3 rings (SSSR count). The van der Waals surface area contributed by atoms with Crippen molar-refractivity contribution in [1.82, 2.24) is 4.90 Å². The lowest BCUT2D eigenvalue weighted by Gasteiger charge is -2.26. The predicted molar refractivity (Wildman–Crippen MR) is 121 cm³/mol. The number of anilines is 1. The number of sulfone groups is 1. The standard InChI is InChI=1S/C20H22ClN3O6S2/c1-2-30-20(27)24-9-7-14-15(11-24)31-19(17(14)18(22)26)23-16(25)8-10-32(28,29)13-5-3-12(21)4-6-13/h3-6H,2,7-11H2,1H3,(H2,22,26)(H,23,25). The van der Waals surface area contributed by atoms with Crippen LogP contribution in [0.4, 0.5) is 9.80 Å². The summed E-state index contributed by atoms with van der Waals surface area (Å²) >= 11 is 6.92. The van der Waals surface area contributed by atoms with Crippen LogP contribution in [-0.4, -0.2) is 50.1 Å². The largest absolute Gasteiger partial charge is 0.450 e. The van der Waals surface area contributed by atoms with Crippen molar-refractivity contribution in [3.05, 3.63) is 45.3 Å². The highest BCUT2D eigenvalue weighted by Crippen LogP contribution is 2.37. The molecule has 172 valence electrons. The quantitative estimate of drug-likeness (QED) is 0.601. The highest BCUT2D eigenvalue weighted by Gasteiger charge is 2.30. The van der Waals surface area contributed by atoms with Gasteiger partial charge in [0.25, 0.3) is 5.91 Å². The fraction of sp³-hybridized carbons (Fsp3) is 0.350. The zero-order chi connectivity index (χ0) is 23.5. The summed E-state index contributed by atoms with van der Waals surface area (Å²) in [5.74, 6) is -1.67. The van der Waals surface area contributed by atoms with Crippen LogP contribution in [0.25, 0.3) is 0 Å². The Balaban J connectivity index is 1.72. The number of rotatable bonds is 7. The van der Waals surface area contributed by atoms with E-state index < -0.39 is 33.5 Å². The van der Waals surface area contributed by atoms with Gasteiger partial charge in [-0.25, -0.2) is 13.2 Å². The van der Waals surface area contributed by atoms with Crippen molar-refractivity contribution in [2.45, 2.75) is 31.2 Å². The van der Waals surface area contributed by atoms with Gasteiger partial charge in [-0.3, -0.25) is 9.59 Å². The Morgan fingerprint density at radius 2 is 1.94 bits per heavy atom. The summed E-state index contributed by atoms with van der Waals surface area (Å²) in [6, 6.07) is 5.68. The SMILES string of the molecule is CCOC(=O)N1CCc2c(sc(NC(=O)CCS(=O)(=O)c3ccc(Cl)cc3)c2C(N)=O)C1. The molecular weight excluding hydrogens is 478 g/mol. The number of halogens is 1. The molecule has 9 nitrogen and oxygen atoms in total. The van der Waals surface area contributed by atoms with E-state index in [-0.39, 0.29) is 35.0 Å². The van der Waals surface area contributed by atoms with E-state index in [0.717, 1.165) is 16.2 Å². The highest BCUT2D eigenvalue weighted by molar-refractivity contribution is 7.91. The number of nitrogens with two attached hydrogens (primary N) is 1. The number of fused-ring (bicyclic) bond motifs is 1. The number of primary amides is 1. The van der Waals surface area contributed by atoms with E-state index in [0.29, 0.717) is 23.6 Å². The van der Waals surface area contributed by atoms with Crippen LogP contribution in [0, 0.1) is 0 Å². The van der Waals surface area contributed by atoms with E-state index in [1.165, 1.54) is 29.2 Å². The van der Waals surface area contributed by atoms with Gasteiger partial charge < -0.3 is 20.7 Å². The van der Waals surface area contributed by atoms with E-state index in [1.807, 2.05) is 0 Å². The van der Waals surface area contributed by atoms with Crippen molar-refractivity contribution in [2.24, 2.45) is 5.73 Å². The van der Waals surface area contributed by atoms with Crippen LogP contribution in [0.1, 0.15) is 34.1 Å². The smallest absolute Gasteiger partial charge is 0.410 e. The minimum absolute atomic E-state index is 0.0677. The Bertz CT molecular complexity index is 1140. The van der Waals surface area contributed by atoms with E-state index in [9.17, 15) is 22.8 Å². The second-order valence-corrected chi connectivity index (χ2v) is 10.7. The average Bonchev–Trinajstić information content (AvgIpc) is 3.10. The fourth-order valence-electron chi connectivity index (χ4n) is 3.30. The molecule has 1 aliphatic rings. The van der Waals surface area contributed by atoms with Gasteiger partial charge in [0, 0.05) is 22.9 Å². The first-order valence-electron chi connectivity index (χ1n) is 9.76. The summed E-state index contributed by atoms with van der Waals surface area (Å²) in [5.41, 5.74) is 6.42. The normalized spacial score (nSPS) is 13.4. The molecule has 0 bridgehead atoms. The number of nitrogens with one attached hydrogen (secondary N) is 1. The van der Waals surface area contributed by atoms with Crippen molar-refractivity contribution in [2.75, 3.05) is 24.2 Å². The van der Waals surface area contributed by atoms with Crippen LogP contribution >= 0.6 is 22.9 Å². The minimum Gasteiger partial charge on any atom is -0.450 e. The van der Waals surface area contributed by atoms with Crippen molar-refractivity contribution < 1.29 is 27.5 Å². The molecule has 0 unspecified atom stereocenters. The maximum absolute atomic E-state index is 12.5. The fourth-order valence-corrected chi connectivity index (χ4v) is 5.95. The van der Waals surface area contributed by atoms with Crippen LogP contribution in [0.2, 0.25) is 5.02 Å². The average molecular weight is 500 g/mol. The van der Waals surface area contributed by atoms with Gasteiger partial charge in [0.1, 0.15) is 5.00 Å². The van der Waals surface area contributed by atoms with E-state index >= 15 is 0 Å². The summed E-state index contributed by atoms with van der Waals surface area (Å²) in [6.45, 7) is 2.55. The summed E-state index contributed by atoms with van der Waals surface area (Å²) < 4.78 is 29.9. The van der Waals surface area contributed by atoms with Gasteiger partial charge in [-0.05, 0) is 43.2 Å². The number of thiophene rings is 1. The summed E-state index contributed by atoms with van der Waals surface area (Å²) in [7, 11) is -3.68. The molecule has 0 atom stereocenters. The number of carbonyl (C=O) groups excluding carboxylic acids is 3. The Labute approximate surface area is 194 Å². The number of nitrogens with zero attached hydrogens (tertiary/aromatic N) is 1. The third-order valence-electron chi connectivity index (χ3n) is 4.85. The van der Waals surface area contributed by atoms with Crippen molar-refractivity contribution in [3.8, 4) is 0 Å². The Morgan fingerprint density at radius 1 is 1.25 bits per heavy atom. The third-order valence-corrected chi connectivity index (χ3v) is 7.97. The minimum atomic E-state index is -3.68. The van der Waals surface area contributed by atoms with Gasteiger partial charge in [-0.1, -0.05) is 11.6 Å². The number of ether oxygens (including phenoxy) is 1. The maximum atomic E-state index is 12.5. The lowest BCUT2D eigenvalue weighted by Crippen LogP contribution is -2.36. The van der Waals surface area contributed by atoms with Crippen LogP contribution in [0.3, 0.4) is 0 Å². The van der Waals surface area contributed by atoms with Crippen LogP contribution < -0.4 is 11.1 Å². The van der Waals surface area contributed by atoms with E-state index in [1.54, 1.807) is 6.92 Å². The Hall–Kier alpha value is -2.63. The molecule has 0 aliphatic carbocycles. The van der Waals surface area contributed by atoms with Gasteiger partial charge in [0.2, 0.25) is 5.91 Å². The summed E-state index contributed by atoms with van der Waals surface area (Å²) in [5, 5.41) is 3.27. The lowest BCUT2D eigenvalue weighted by molar-refractivity contribution is -0.115. The van der Waals surface area contributed by atoms with Crippen LogP contribution in [0.15, 0.2) is 29.2 Å². The second-order valence-electron chi connectivity index (χ2n) is 7.01. The molecule has 0 spiro atoms. The predicted octanol–water partition coefficient (Wildman–Crippen LogP) is 2.82. The van der Waals surface area contributed by atoms with E-state index in [2.05, 4.69) is 5.32 Å². The monoisotopic (exact) mass is 499 g/mol. The van der Waals surface area contributed by atoms with Gasteiger partial charge in [-0.2, -0.15) is 0 Å². The molecule has 1 aromatic heterocycles. The maximum Gasteiger partial charge on any atom is 0.410 e. The van der Waals surface area contributed by atoms with Gasteiger partial charge in [0.15, 0.2) is 9.84 Å². The zero-order valence-electron chi connectivity index (χ0n) is 17.2. The van der Waals surface area contributed by atoms with Crippen molar-refractivity contribution in [3.63, 3.8) is 0 Å². The molecule has 2 heterocycles. The van der Waals surface area contributed by atoms with Crippen molar-refractivity contribution >= 4 is 55.7 Å². The molecule has 2 aromatic rings. The molecule has 0 saturated heterocycles. The summed E-state index contributed by atoms with van der Waals surface area (Å²) in [4.78, 5) is 38.8. The molecule has 0 saturated carbocycles. The van der Waals surface area contributed by atoms with Crippen LogP contribution in [0.5, 0.6) is 0 Å². The molecular formula is C20H22ClN3O6S2. The number of carbonyl (C=O) groups is 3. The van der Waals surface area contributed by atoms with Gasteiger partial charge in [0.05, 0.1) is 29.4 Å². The number of benzene rings is 1. The molecule has 32 heavy (non-hydrogen) atoms. The van der Waals surface area contributed by atoms with Crippen LogP contribution in [-0.2, 0) is 32.3 Å². The molecule has 3 amide bonds. The Morgan fingerprint density at radius 3 is 2.56 bits per heavy atom. The highest BCUT2D eigenvalue weighted by atomic mass is 35.5.